The first-order valence-electron chi connectivity index (χ1n) is 9.11. The molecule has 0 radical (unpaired) electrons. The summed E-state index contributed by atoms with van der Waals surface area (Å²) in [5.74, 6) is 0.753. The number of fused-ring (bicyclic) bond motifs is 4. The number of rotatable bonds is 4. The van der Waals surface area contributed by atoms with Crippen molar-refractivity contribution in [2.45, 2.75) is 26.8 Å². The van der Waals surface area contributed by atoms with Gasteiger partial charge in [-0.05, 0) is 55.1 Å². The molecular formula is C22H23N3O2. The van der Waals surface area contributed by atoms with E-state index >= 15 is 0 Å². The summed E-state index contributed by atoms with van der Waals surface area (Å²) < 4.78 is 8.16. The van der Waals surface area contributed by atoms with Gasteiger partial charge in [-0.25, -0.2) is 0 Å². The lowest BCUT2D eigenvalue weighted by Crippen LogP contribution is -2.35. The molecule has 0 bridgehead atoms. The van der Waals surface area contributed by atoms with Crippen molar-refractivity contribution in [1.29, 1.82) is 0 Å². The van der Waals surface area contributed by atoms with E-state index in [1.807, 2.05) is 25.4 Å². The summed E-state index contributed by atoms with van der Waals surface area (Å²) in [7, 11) is 2.10. The number of aromatic nitrogens is 2. The van der Waals surface area contributed by atoms with Crippen LogP contribution in [0.4, 0.5) is 0 Å². The van der Waals surface area contributed by atoms with Crippen LogP contribution >= 0.6 is 0 Å². The fourth-order valence-corrected chi connectivity index (χ4v) is 3.90. The highest BCUT2D eigenvalue weighted by Crippen LogP contribution is 2.36. The molecule has 0 unspecified atom stereocenters. The number of nitrogens with one attached hydrogen (secondary N) is 1. The summed E-state index contributed by atoms with van der Waals surface area (Å²) in [6, 6.07) is 10.4. The largest absolute Gasteiger partial charge is 0.491 e. The highest BCUT2D eigenvalue weighted by Gasteiger charge is 2.14. The average Bonchev–Trinajstić information content (AvgIpc) is 2.92. The van der Waals surface area contributed by atoms with Crippen molar-refractivity contribution in [3.8, 4) is 5.75 Å². The van der Waals surface area contributed by atoms with Crippen LogP contribution in [0, 0.1) is 6.92 Å². The summed E-state index contributed by atoms with van der Waals surface area (Å²) >= 11 is 0. The summed E-state index contributed by atoms with van der Waals surface area (Å²) in [6.45, 7) is 6.04. The van der Waals surface area contributed by atoms with Crippen molar-refractivity contribution < 1.29 is 9.53 Å². The number of amides is 1. The Morgan fingerprint density at radius 2 is 2.04 bits per heavy atom. The summed E-state index contributed by atoms with van der Waals surface area (Å²) in [6.07, 6.45) is 3.75. The van der Waals surface area contributed by atoms with Gasteiger partial charge in [0.15, 0.2) is 0 Å². The monoisotopic (exact) mass is 361 g/mol. The van der Waals surface area contributed by atoms with Crippen molar-refractivity contribution in [1.82, 2.24) is 14.9 Å². The molecule has 1 atom stereocenters. The Morgan fingerprint density at radius 3 is 2.81 bits per heavy atom. The molecule has 4 rings (SSSR count). The standard InChI is InChI=1S/C22H23N3O2/c1-13(24-15(3)26)12-27-17-5-6-21-19(10-17)20-9-16-11-23-8-7-18(16)14(2)22(20)25(21)4/h5-11,13H,12H2,1-4H3,(H,24,26)/t13-/m0/s1. The van der Waals surface area contributed by atoms with Gasteiger partial charge in [0.2, 0.25) is 5.91 Å². The molecule has 4 aromatic rings. The van der Waals surface area contributed by atoms with Crippen LogP contribution in [0.5, 0.6) is 5.75 Å². The van der Waals surface area contributed by atoms with Gasteiger partial charge in [-0.1, -0.05) is 0 Å². The predicted octanol–water partition coefficient (Wildman–Crippen LogP) is 4.09. The minimum atomic E-state index is -0.0495. The van der Waals surface area contributed by atoms with Gasteiger partial charge in [0.05, 0.1) is 11.6 Å². The number of carbonyl (C=O) groups is 1. The Morgan fingerprint density at radius 1 is 1.22 bits per heavy atom. The zero-order valence-corrected chi connectivity index (χ0v) is 16.0. The lowest BCUT2D eigenvalue weighted by Gasteiger charge is -2.14. The van der Waals surface area contributed by atoms with Crippen LogP contribution in [0.25, 0.3) is 32.6 Å². The molecule has 1 N–H and O–H groups in total. The minimum absolute atomic E-state index is 0.0389. The molecule has 5 heteroatoms. The van der Waals surface area contributed by atoms with Gasteiger partial charge >= 0.3 is 0 Å². The molecule has 0 spiro atoms. The lowest BCUT2D eigenvalue weighted by molar-refractivity contribution is -0.119. The first-order chi connectivity index (χ1) is 13.0. The van der Waals surface area contributed by atoms with Crippen molar-refractivity contribution in [3.63, 3.8) is 0 Å². The number of carbonyl (C=O) groups excluding carboxylic acids is 1. The Labute approximate surface area is 157 Å². The van der Waals surface area contributed by atoms with Gasteiger partial charge in [0, 0.05) is 48.0 Å². The normalized spacial score (nSPS) is 12.6. The molecule has 0 saturated carbocycles. The van der Waals surface area contributed by atoms with Gasteiger partial charge in [-0.2, -0.15) is 0 Å². The molecule has 2 aromatic heterocycles. The molecule has 0 saturated heterocycles. The van der Waals surface area contributed by atoms with Crippen molar-refractivity contribution >= 4 is 38.5 Å². The van der Waals surface area contributed by atoms with E-state index in [0.717, 1.165) is 16.5 Å². The molecule has 0 aliphatic heterocycles. The second-order valence-corrected chi connectivity index (χ2v) is 7.15. The number of nitrogens with zero attached hydrogens (tertiary/aromatic N) is 2. The van der Waals surface area contributed by atoms with Gasteiger partial charge in [-0.15, -0.1) is 0 Å². The second-order valence-electron chi connectivity index (χ2n) is 7.15. The SMILES string of the molecule is CC(=O)N[C@@H](C)COc1ccc2c(c1)c1cc3cnccc3c(C)c1n2C. The molecule has 0 aliphatic rings. The number of hydrogen-bond donors (Lipinski definition) is 1. The summed E-state index contributed by atoms with van der Waals surface area (Å²) in [5, 5.41) is 7.56. The fraction of sp³-hybridized carbons (Fsp3) is 0.273. The van der Waals surface area contributed by atoms with E-state index in [0.29, 0.717) is 6.61 Å². The van der Waals surface area contributed by atoms with E-state index in [4.69, 9.17) is 4.74 Å². The molecule has 0 fully saturated rings. The minimum Gasteiger partial charge on any atom is -0.491 e. The van der Waals surface area contributed by atoms with Crippen LogP contribution in [0.1, 0.15) is 19.4 Å². The number of ether oxygens (including phenoxy) is 1. The summed E-state index contributed by atoms with van der Waals surface area (Å²) in [4.78, 5) is 15.4. The lowest BCUT2D eigenvalue weighted by atomic mass is 10.0. The quantitative estimate of drug-likeness (QED) is 0.596. The van der Waals surface area contributed by atoms with Crippen LogP contribution in [0.3, 0.4) is 0 Å². The molecule has 27 heavy (non-hydrogen) atoms. The smallest absolute Gasteiger partial charge is 0.217 e. The molecule has 1 amide bonds. The van der Waals surface area contributed by atoms with Crippen LogP contribution in [0.15, 0.2) is 42.7 Å². The molecule has 2 heterocycles. The van der Waals surface area contributed by atoms with Crippen LogP contribution in [-0.4, -0.2) is 28.1 Å². The van der Waals surface area contributed by atoms with Gasteiger partial charge < -0.3 is 14.6 Å². The Bertz CT molecular complexity index is 1180. The Kier molecular flexibility index (Phi) is 4.22. The van der Waals surface area contributed by atoms with Gasteiger partial charge in [0.1, 0.15) is 12.4 Å². The number of benzene rings is 2. The third kappa shape index (κ3) is 2.99. The number of pyridine rings is 1. The Balaban J connectivity index is 1.81. The van der Waals surface area contributed by atoms with E-state index in [1.165, 1.54) is 34.3 Å². The van der Waals surface area contributed by atoms with E-state index in [-0.39, 0.29) is 11.9 Å². The van der Waals surface area contributed by atoms with E-state index < -0.39 is 0 Å². The molecule has 2 aromatic carbocycles. The van der Waals surface area contributed by atoms with Crippen LogP contribution < -0.4 is 10.1 Å². The summed E-state index contributed by atoms with van der Waals surface area (Å²) in [5.41, 5.74) is 3.65. The zero-order chi connectivity index (χ0) is 19.1. The van der Waals surface area contributed by atoms with Crippen molar-refractivity contribution in [2.75, 3.05) is 6.61 Å². The Hall–Kier alpha value is -3.08. The van der Waals surface area contributed by atoms with E-state index in [2.05, 4.69) is 53.1 Å². The topological polar surface area (TPSA) is 56.1 Å². The molecule has 0 aliphatic carbocycles. The molecule has 5 nitrogen and oxygen atoms in total. The first kappa shape index (κ1) is 17.3. The number of aryl methyl sites for hydroxylation is 2. The third-order valence-electron chi connectivity index (χ3n) is 5.07. The van der Waals surface area contributed by atoms with Gasteiger partial charge in [-0.3, -0.25) is 9.78 Å². The second kappa shape index (κ2) is 6.58. The van der Waals surface area contributed by atoms with Crippen molar-refractivity contribution in [3.05, 3.63) is 48.3 Å². The third-order valence-corrected chi connectivity index (χ3v) is 5.07. The first-order valence-corrected chi connectivity index (χ1v) is 9.11. The highest BCUT2D eigenvalue weighted by atomic mass is 16.5. The molecular weight excluding hydrogens is 338 g/mol. The zero-order valence-electron chi connectivity index (χ0n) is 16.0. The maximum absolute atomic E-state index is 11.2. The highest BCUT2D eigenvalue weighted by molar-refractivity contribution is 6.14. The fourth-order valence-electron chi connectivity index (χ4n) is 3.90. The molecule has 138 valence electrons. The maximum atomic E-state index is 11.2. The number of hydrogen-bond acceptors (Lipinski definition) is 3. The average molecular weight is 361 g/mol. The maximum Gasteiger partial charge on any atom is 0.217 e. The predicted molar refractivity (Wildman–Crippen MR) is 109 cm³/mol. The van der Waals surface area contributed by atoms with Crippen molar-refractivity contribution in [2.24, 2.45) is 7.05 Å². The van der Waals surface area contributed by atoms with Crippen LogP contribution in [-0.2, 0) is 11.8 Å². The van der Waals surface area contributed by atoms with Gasteiger partial charge in [0.25, 0.3) is 0 Å². The van der Waals surface area contributed by atoms with E-state index in [9.17, 15) is 4.79 Å². The van der Waals surface area contributed by atoms with Crippen LogP contribution in [0.2, 0.25) is 0 Å². The van der Waals surface area contributed by atoms with E-state index in [1.54, 1.807) is 0 Å².